The Morgan fingerprint density at radius 2 is 1.62 bits per heavy atom. The first kappa shape index (κ1) is 23.9. The number of hydrogen-bond acceptors (Lipinski definition) is 5. The van der Waals surface area contributed by atoms with Crippen molar-refractivity contribution in [3.05, 3.63) is 53.6 Å². The molecule has 0 aliphatic carbocycles. The lowest BCUT2D eigenvalue weighted by Crippen LogP contribution is -2.51. The highest BCUT2D eigenvalue weighted by molar-refractivity contribution is 7.89. The van der Waals surface area contributed by atoms with E-state index in [9.17, 15) is 26.4 Å². The second-order valence-corrected chi connectivity index (χ2v) is 9.19. The number of carbonyl (C=O) groups is 1. The number of benzene rings is 2. The molecule has 0 radical (unpaired) electrons. The smallest absolute Gasteiger partial charge is 0.416 e. The van der Waals surface area contributed by atoms with Crippen LogP contribution in [0.5, 0.6) is 11.5 Å². The fourth-order valence-electron chi connectivity index (χ4n) is 3.27. The van der Waals surface area contributed by atoms with Gasteiger partial charge in [-0.05, 0) is 48.9 Å². The topological polar surface area (TPSA) is 76.2 Å². The number of piperazine rings is 1. The number of rotatable bonds is 6. The van der Waals surface area contributed by atoms with Crippen LogP contribution in [0.25, 0.3) is 0 Å². The van der Waals surface area contributed by atoms with Crippen LogP contribution in [-0.4, -0.2) is 63.4 Å². The molecule has 0 saturated carbocycles. The van der Waals surface area contributed by atoms with Gasteiger partial charge >= 0.3 is 6.18 Å². The number of aryl methyl sites for hydroxylation is 1. The molecule has 1 aliphatic heterocycles. The van der Waals surface area contributed by atoms with Gasteiger partial charge in [0.05, 0.1) is 17.6 Å². The molecule has 0 atom stereocenters. The van der Waals surface area contributed by atoms with E-state index in [1.54, 1.807) is 12.1 Å². The predicted octanol–water partition coefficient (Wildman–Crippen LogP) is 2.93. The maximum atomic E-state index is 12.7. The van der Waals surface area contributed by atoms with Gasteiger partial charge in [0.2, 0.25) is 10.0 Å². The van der Waals surface area contributed by atoms with E-state index in [0.29, 0.717) is 11.5 Å². The number of nitrogens with zero attached hydrogens (tertiary/aromatic N) is 2. The third-order valence-corrected chi connectivity index (χ3v) is 6.99. The van der Waals surface area contributed by atoms with Crippen LogP contribution in [0.4, 0.5) is 13.2 Å². The van der Waals surface area contributed by atoms with Crippen molar-refractivity contribution in [1.82, 2.24) is 9.21 Å². The predicted molar refractivity (Wildman–Crippen MR) is 110 cm³/mol. The molecule has 0 aromatic heterocycles. The summed E-state index contributed by atoms with van der Waals surface area (Å²) in [5, 5.41) is 0. The quantitative estimate of drug-likeness (QED) is 0.646. The van der Waals surface area contributed by atoms with Crippen LogP contribution < -0.4 is 9.47 Å². The number of sulfonamides is 1. The average Bonchev–Trinajstić information content (AvgIpc) is 2.77. The summed E-state index contributed by atoms with van der Waals surface area (Å²) in [6.45, 7) is 2.02. The molecule has 2 aromatic rings. The first-order valence-electron chi connectivity index (χ1n) is 9.75. The summed E-state index contributed by atoms with van der Waals surface area (Å²) < 4.78 is 75.5. The second-order valence-electron chi connectivity index (χ2n) is 7.25. The Bertz CT molecular complexity index is 1060. The number of alkyl halides is 3. The maximum Gasteiger partial charge on any atom is 0.416 e. The molecule has 1 fully saturated rings. The van der Waals surface area contributed by atoms with E-state index in [1.807, 2.05) is 13.0 Å². The van der Waals surface area contributed by atoms with Crippen molar-refractivity contribution in [2.75, 3.05) is 39.9 Å². The van der Waals surface area contributed by atoms with E-state index in [-0.39, 0.29) is 43.6 Å². The highest BCUT2D eigenvalue weighted by atomic mass is 32.2. The molecule has 32 heavy (non-hydrogen) atoms. The van der Waals surface area contributed by atoms with E-state index in [2.05, 4.69) is 0 Å². The molecule has 1 heterocycles. The van der Waals surface area contributed by atoms with Gasteiger partial charge in [0, 0.05) is 26.2 Å². The van der Waals surface area contributed by atoms with Crippen molar-refractivity contribution in [2.45, 2.75) is 18.0 Å². The molecule has 0 N–H and O–H groups in total. The van der Waals surface area contributed by atoms with Crippen molar-refractivity contribution < 1.29 is 35.9 Å². The molecule has 174 valence electrons. The lowest BCUT2D eigenvalue weighted by molar-refractivity contribution is -0.137. The molecular weight excluding hydrogens is 449 g/mol. The van der Waals surface area contributed by atoms with E-state index in [0.717, 1.165) is 34.1 Å². The van der Waals surface area contributed by atoms with Crippen LogP contribution >= 0.6 is 0 Å². The summed E-state index contributed by atoms with van der Waals surface area (Å²) in [6.07, 6.45) is -4.54. The summed E-state index contributed by atoms with van der Waals surface area (Å²) >= 11 is 0. The molecule has 1 saturated heterocycles. The summed E-state index contributed by atoms with van der Waals surface area (Å²) in [6, 6.07) is 8.68. The van der Waals surface area contributed by atoms with Crippen molar-refractivity contribution in [3.63, 3.8) is 0 Å². The average molecular weight is 472 g/mol. The van der Waals surface area contributed by atoms with Gasteiger partial charge in [-0.15, -0.1) is 0 Å². The molecule has 3 rings (SSSR count). The van der Waals surface area contributed by atoms with Crippen LogP contribution in [-0.2, 0) is 21.0 Å². The summed E-state index contributed by atoms with van der Waals surface area (Å²) in [7, 11) is -2.46. The highest BCUT2D eigenvalue weighted by Gasteiger charge is 2.33. The van der Waals surface area contributed by atoms with Gasteiger partial charge in [0.25, 0.3) is 5.91 Å². The number of ether oxygens (including phenoxy) is 2. The largest absolute Gasteiger partial charge is 0.493 e. The summed E-state index contributed by atoms with van der Waals surface area (Å²) in [4.78, 5) is 13.7. The number of carbonyl (C=O) groups excluding carboxylic acids is 1. The zero-order chi connectivity index (χ0) is 23.5. The SMILES string of the molecule is COc1cc(C)ccc1OCC(=O)N1CCN(S(=O)(=O)c2ccc(C(F)(F)F)cc2)CC1. The van der Waals surface area contributed by atoms with Gasteiger partial charge < -0.3 is 14.4 Å². The van der Waals surface area contributed by atoms with Crippen molar-refractivity contribution >= 4 is 15.9 Å². The molecule has 7 nitrogen and oxygen atoms in total. The zero-order valence-corrected chi connectivity index (χ0v) is 18.4. The van der Waals surface area contributed by atoms with E-state index < -0.39 is 21.8 Å². The van der Waals surface area contributed by atoms with E-state index >= 15 is 0 Å². The Morgan fingerprint density at radius 3 is 2.19 bits per heavy atom. The summed E-state index contributed by atoms with van der Waals surface area (Å²) in [5.41, 5.74) is 0.0583. The molecule has 0 unspecified atom stereocenters. The standard InChI is InChI=1S/C21H23F3N2O5S/c1-15-3-8-18(19(13-15)30-2)31-14-20(27)25-9-11-26(12-10-25)32(28,29)17-6-4-16(5-7-17)21(22,23)24/h3-8,13H,9-12,14H2,1-2H3. The van der Waals surface area contributed by atoms with Crippen LogP contribution in [0.3, 0.4) is 0 Å². The van der Waals surface area contributed by atoms with Crippen LogP contribution in [0.2, 0.25) is 0 Å². The normalized spacial score (nSPS) is 15.5. The summed E-state index contributed by atoms with van der Waals surface area (Å²) in [5.74, 6) is 0.624. The Labute approximate surface area is 184 Å². The van der Waals surface area contributed by atoms with Gasteiger partial charge in [-0.2, -0.15) is 17.5 Å². The minimum atomic E-state index is -4.54. The molecule has 0 bridgehead atoms. The van der Waals surface area contributed by atoms with Crippen LogP contribution in [0, 0.1) is 6.92 Å². The number of hydrogen-bond donors (Lipinski definition) is 0. The molecule has 2 aromatic carbocycles. The Balaban J connectivity index is 1.57. The lowest BCUT2D eigenvalue weighted by Gasteiger charge is -2.34. The van der Waals surface area contributed by atoms with E-state index in [1.165, 1.54) is 12.0 Å². The lowest BCUT2D eigenvalue weighted by atomic mass is 10.2. The van der Waals surface area contributed by atoms with Crippen LogP contribution in [0.15, 0.2) is 47.4 Å². The molecular formula is C21H23F3N2O5S. The minimum Gasteiger partial charge on any atom is -0.493 e. The first-order chi connectivity index (χ1) is 15.0. The van der Waals surface area contributed by atoms with Gasteiger partial charge in [-0.3, -0.25) is 4.79 Å². The van der Waals surface area contributed by atoms with Crippen molar-refractivity contribution in [3.8, 4) is 11.5 Å². The van der Waals surface area contributed by atoms with Crippen LogP contribution in [0.1, 0.15) is 11.1 Å². The van der Waals surface area contributed by atoms with Crippen molar-refractivity contribution in [1.29, 1.82) is 0 Å². The number of methoxy groups -OCH3 is 1. The number of amides is 1. The van der Waals surface area contributed by atoms with Gasteiger partial charge in [0.1, 0.15) is 0 Å². The maximum absolute atomic E-state index is 12.7. The molecule has 11 heteroatoms. The molecule has 1 amide bonds. The molecule has 1 aliphatic rings. The number of halogens is 3. The van der Waals surface area contributed by atoms with Gasteiger partial charge in [-0.25, -0.2) is 8.42 Å². The monoisotopic (exact) mass is 472 g/mol. The minimum absolute atomic E-state index is 0.0307. The van der Waals surface area contributed by atoms with Gasteiger partial charge in [-0.1, -0.05) is 6.07 Å². The zero-order valence-electron chi connectivity index (χ0n) is 17.6. The van der Waals surface area contributed by atoms with Gasteiger partial charge in [0.15, 0.2) is 18.1 Å². The fraction of sp³-hybridized carbons (Fsp3) is 0.381. The van der Waals surface area contributed by atoms with Crippen molar-refractivity contribution in [2.24, 2.45) is 0 Å². The second kappa shape index (κ2) is 9.37. The van der Waals surface area contributed by atoms with E-state index in [4.69, 9.17) is 9.47 Å². The third-order valence-electron chi connectivity index (χ3n) is 5.08. The first-order valence-corrected chi connectivity index (χ1v) is 11.2. The molecule has 0 spiro atoms. The Morgan fingerprint density at radius 1 is 1.00 bits per heavy atom. The Hall–Kier alpha value is -2.79. The fourth-order valence-corrected chi connectivity index (χ4v) is 4.69. The highest BCUT2D eigenvalue weighted by Crippen LogP contribution is 2.30. The third kappa shape index (κ3) is 5.33. The Kier molecular flexibility index (Phi) is 6.99.